The monoisotopic (exact) mass is 598 g/mol. The van der Waals surface area contributed by atoms with E-state index in [1.165, 1.54) is 43.5 Å². The standard InChI is InChI=1S/C22H22N4O10S3/c1-35-21-12-11-19(37(27,28)14-13-36-39(32,33)34)15-20(21)24-26-22(16-5-3-2-4-6-16)25-23-17-7-9-18(10-8-17)38(29,30)31/h2-12,15,23H,13-14H2,1H3,(H,29,30,31)(H,32,33,34). The highest BCUT2D eigenvalue weighted by molar-refractivity contribution is 7.91. The maximum atomic E-state index is 12.6. The molecule has 0 aliphatic rings. The van der Waals surface area contributed by atoms with Gasteiger partial charge in [0.1, 0.15) is 11.4 Å². The van der Waals surface area contributed by atoms with Crippen LogP contribution in [0.3, 0.4) is 0 Å². The number of sulfone groups is 1. The molecule has 0 aliphatic heterocycles. The summed E-state index contributed by atoms with van der Waals surface area (Å²) in [4.78, 5) is -0.530. The van der Waals surface area contributed by atoms with Gasteiger partial charge in [-0.3, -0.25) is 14.5 Å². The Bertz CT molecular complexity index is 1690. The minimum Gasteiger partial charge on any atom is -0.494 e. The van der Waals surface area contributed by atoms with Gasteiger partial charge in [-0.1, -0.05) is 30.3 Å². The van der Waals surface area contributed by atoms with Crippen LogP contribution in [0.2, 0.25) is 0 Å². The second-order valence-electron chi connectivity index (χ2n) is 7.51. The molecule has 3 aromatic rings. The molecule has 0 fully saturated rings. The molecule has 0 atom stereocenters. The fourth-order valence-corrected chi connectivity index (χ4v) is 4.94. The molecule has 0 unspecified atom stereocenters. The zero-order chi connectivity index (χ0) is 28.7. The maximum absolute atomic E-state index is 12.6. The third-order valence-corrected chi connectivity index (χ3v) is 7.83. The van der Waals surface area contributed by atoms with E-state index in [0.29, 0.717) is 11.3 Å². The minimum atomic E-state index is -4.80. The molecule has 0 aromatic heterocycles. The number of nitrogens with one attached hydrogen (secondary N) is 1. The Balaban J connectivity index is 1.92. The highest BCUT2D eigenvalue weighted by Crippen LogP contribution is 2.31. The normalized spacial score (nSPS) is 12.9. The van der Waals surface area contributed by atoms with Crippen molar-refractivity contribution in [2.75, 3.05) is 24.9 Å². The van der Waals surface area contributed by atoms with Gasteiger partial charge in [-0.15, -0.1) is 10.2 Å². The van der Waals surface area contributed by atoms with Crippen LogP contribution < -0.4 is 10.2 Å². The molecule has 3 rings (SSSR count). The fraction of sp³-hybridized carbons (Fsp3) is 0.136. The Morgan fingerprint density at radius 2 is 1.51 bits per heavy atom. The first kappa shape index (κ1) is 29.8. The molecular weight excluding hydrogens is 576 g/mol. The smallest absolute Gasteiger partial charge is 0.397 e. The van der Waals surface area contributed by atoms with Crippen LogP contribution in [0.15, 0.2) is 97.9 Å². The first-order valence-corrected chi connectivity index (χ1v) is 15.2. The zero-order valence-electron chi connectivity index (χ0n) is 20.1. The summed E-state index contributed by atoms with van der Waals surface area (Å²) >= 11 is 0. The highest BCUT2D eigenvalue weighted by Gasteiger charge is 2.19. The number of azo groups is 1. The van der Waals surface area contributed by atoms with Crippen LogP contribution in [0.25, 0.3) is 0 Å². The third kappa shape index (κ3) is 8.91. The molecule has 14 nitrogen and oxygen atoms in total. The summed E-state index contributed by atoms with van der Waals surface area (Å²) in [7, 11) is -11.9. The molecule has 208 valence electrons. The summed E-state index contributed by atoms with van der Waals surface area (Å²) in [5, 5.41) is 12.4. The van der Waals surface area contributed by atoms with Crippen molar-refractivity contribution in [3.8, 4) is 5.75 Å². The van der Waals surface area contributed by atoms with E-state index < -0.39 is 42.7 Å². The van der Waals surface area contributed by atoms with Crippen LogP contribution in [0, 0.1) is 0 Å². The molecule has 17 heteroatoms. The average molecular weight is 599 g/mol. The molecular formula is C22H22N4O10S3. The lowest BCUT2D eigenvalue weighted by molar-refractivity contribution is 0.284. The number of hydrogen-bond acceptors (Lipinski definition) is 11. The molecule has 3 N–H and O–H groups in total. The number of benzene rings is 3. The van der Waals surface area contributed by atoms with E-state index in [1.54, 1.807) is 30.3 Å². The number of hydrazone groups is 1. The second kappa shape index (κ2) is 12.4. The Labute approximate surface area is 224 Å². The number of hydrogen-bond donors (Lipinski definition) is 3. The number of amidine groups is 1. The van der Waals surface area contributed by atoms with Crippen LogP contribution in [0.5, 0.6) is 5.75 Å². The van der Waals surface area contributed by atoms with Crippen LogP contribution in [0.1, 0.15) is 5.56 Å². The lowest BCUT2D eigenvalue weighted by Gasteiger charge is -2.08. The van der Waals surface area contributed by atoms with Crippen molar-refractivity contribution < 1.29 is 43.3 Å². The van der Waals surface area contributed by atoms with Crippen LogP contribution in [-0.2, 0) is 34.5 Å². The van der Waals surface area contributed by atoms with Crippen molar-refractivity contribution in [1.29, 1.82) is 0 Å². The lowest BCUT2D eigenvalue weighted by atomic mass is 10.2. The fourth-order valence-electron chi connectivity index (χ4n) is 2.96. The van der Waals surface area contributed by atoms with Gasteiger partial charge in [0.15, 0.2) is 9.84 Å². The van der Waals surface area contributed by atoms with Gasteiger partial charge in [0.2, 0.25) is 5.84 Å². The van der Waals surface area contributed by atoms with Crippen molar-refractivity contribution >= 4 is 47.6 Å². The lowest BCUT2D eigenvalue weighted by Crippen LogP contribution is -2.15. The van der Waals surface area contributed by atoms with E-state index in [-0.39, 0.29) is 27.1 Å². The van der Waals surface area contributed by atoms with Gasteiger partial charge in [0.05, 0.1) is 34.9 Å². The zero-order valence-corrected chi connectivity index (χ0v) is 22.5. The Kier molecular flexibility index (Phi) is 9.49. The number of nitrogens with zero attached hydrogens (tertiary/aromatic N) is 3. The van der Waals surface area contributed by atoms with E-state index in [2.05, 4.69) is 24.9 Å². The van der Waals surface area contributed by atoms with Crippen molar-refractivity contribution in [1.82, 2.24) is 0 Å². The van der Waals surface area contributed by atoms with Gasteiger partial charge in [0, 0.05) is 5.56 Å². The van der Waals surface area contributed by atoms with Crippen molar-refractivity contribution in [2.24, 2.45) is 15.3 Å². The Morgan fingerprint density at radius 3 is 2.10 bits per heavy atom. The molecule has 39 heavy (non-hydrogen) atoms. The van der Waals surface area contributed by atoms with Gasteiger partial charge in [-0.25, -0.2) is 12.6 Å². The van der Waals surface area contributed by atoms with Crippen molar-refractivity contribution in [2.45, 2.75) is 9.79 Å². The minimum absolute atomic E-state index is 0.00964. The van der Waals surface area contributed by atoms with E-state index in [1.807, 2.05) is 0 Å². The number of rotatable bonds is 11. The number of anilines is 1. The van der Waals surface area contributed by atoms with E-state index in [4.69, 9.17) is 13.8 Å². The van der Waals surface area contributed by atoms with Gasteiger partial charge in [-0.2, -0.15) is 21.9 Å². The second-order valence-corrected chi connectivity index (χ2v) is 12.1. The van der Waals surface area contributed by atoms with Gasteiger partial charge in [-0.05, 0) is 42.5 Å². The molecule has 3 aromatic carbocycles. The van der Waals surface area contributed by atoms with Crippen molar-refractivity contribution in [3.63, 3.8) is 0 Å². The number of ether oxygens (including phenoxy) is 1. The molecule has 0 aliphatic carbocycles. The molecule has 0 amide bonds. The predicted octanol–water partition coefficient (Wildman–Crippen LogP) is 3.09. The Morgan fingerprint density at radius 1 is 0.872 bits per heavy atom. The predicted molar refractivity (Wildman–Crippen MR) is 140 cm³/mol. The quantitative estimate of drug-likeness (QED) is 0.0959. The SMILES string of the molecule is COc1ccc(S(=O)(=O)CCOS(=O)(=O)O)cc1N=NC(=NNc1ccc(S(=O)(=O)O)cc1)c1ccccc1. The van der Waals surface area contributed by atoms with Gasteiger partial charge < -0.3 is 4.74 Å². The third-order valence-electron chi connectivity index (χ3n) is 4.82. The summed E-state index contributed by atoms with van der Waals surface area (Å²) in [5.74, 6) is -0.508. The first-order valence-electron chi connectivity index (χ1n) is 10.7. The van der Waals surface area contributed by atoms with E-state index in [9.17, 15) is 25.3 Å². The topological polar surface area (TPSA) is 210 Å². The summed E-state index contributed by atoms with van der Waals surface area (Å²) in [5.41, 5.74) is 3.60. The molecule has 0 spiro atoms. The van der Waals surface area contributed by atoms with E-state index >= 15 is 0 Å². The van der Waals surface area contributed by atoms with Crippen molar-refractivity contribution in [3.05, 3.63) is 78.4 Å². The largest absolute Gasteiger partial charge is 0.494 e. The highest BCUT2D eigenvalue weighted by atomic mass is 32.3. The average Bonchev–Trinajstić information content (AvgIpc) is 2.88. The summed E-state index contributed by atoms with van der Waals surface area (Å²) in [6.07, 6.45) is 0. The maximum Gasteiger partial charge on any atom is 0.397 e. The molecule has 0 heterocycles. The Hall–Kier alpha value is -3.74. The van der Waals surface area contributed by atoms with Crippen LogP contribution in [-0.4, -0.2) is 59.7 Å². The van der Waals surface area contributed by atoms with Gasteiger partial charge >= 0.3 is 10.4 Å². The molecule has 0 bridgehead atoms. The van der Waals surface area contributed by atoms with Gasteiger partial charge in [0.25, 0.3) is 10.1 Å². The summed E-state index contributed by atoms with van der Waals surface area (Å²) in [6, 6.07) is 17.4. The first-order chi connectivity index (χ1) is 18.3. The number of methoxy groups -OCH3 is 1. The van der Waals surface area contributed by atoms with Crippen LogP contribution in [0.4, 0.5) is 11.4 Å². The van der Waals surface area contributed by atoms with E-state index in [0.717, 1.165) is 6.07 Å². The summed E-state index contributed by atoms with van der Waals surface area (Å²) < 4.78 is 96.2. The molecule has 0 radical (unpaired) electrons. The van der Waals surface area contributed by atoms with Crippen LogP contribution >= 0.6 is 0 Å². The summed E-state index contributed by atoms with van der Waals surface area (Å²) in [6.45, 7) is -0.800. The molecule has 0 saturated carbocycles. The molecule has 0 saturated heterocycles.